The van der Waals surface area contributed by atoms with E-state index in [2.05, 4.69) is 10.6 Å². The predicted molar refractivity (Wildman–Crippen MR) is 79.5 cm³/mol. The number of thiophene rings is 1. The fourth-order valence-corrected chi connectivity index (χ4v) is 2.99. The van der Waals surface area contributed by atoms with Crippen molar-refractivity contribution in [3.8, 4) is 0 Å². The predicted octanol–water partition coefficient (Wildman–Crippen LogP) is 1.14. The van der Waals surface area contributed by atoms with Gasteiger partial charge in [-0.05, 0) is 23.9 Å². The summed E-state index contributed by atoms with van der Waals surface area (Å²) >= 11 is 1.36. The van der Waals surface area contributed by atoms with Crippen LogP contribution >= 0.6 is 11.3 Å². The van der Waals surface area contributed by atoms with E-state index < -0.39 is 18.4 Å². The van der Waals surface area contributed by atoms with Crippen LogP contribution in [0.1, 0.15) is 15.2 Å². The molecular weight excluding hydrogens is 292 g/mol. The SMILES string of the molecule is Cc1c(C(=O)NCC(=O)NCC(=O)O)sc2ccccc12. The summed E-state index contributed by atoms with van der Waals surface area (Å²) in [4.78, 5) is 34.3. The number of carbonyl (C=O) groups excluding carboxylic acids is 2. The number of aliphatic carboxylic acids is 1. The molecule has 0 saturated carbocycles. The van der Waals surface area contributed by atoms with E-state index in [0.717, 1.165) is 15.6 Å². The van der Waals surface area contributed by atoms with Crippen molar-refractivity contribution in [1.82, 2.24) is 10.6 Å². The number of carboxylic acid groups (broad SMARTS) is 1. The van der Waals surface area contributed by atoms with E-state index >= 15 is 0 Å². The van der Waals surface area contributed by atoms with Gasteiger partial charge in [0.1, 0.15) is 6.54 Å². The third-order valence-corrected chi connectivity index (χ3v) is 4.17. The first-order chi connectivity index (χ1) is 9.99. The van der Waals surface area contributed by atoms with Crippen molar-refractivity contribution in [1.29, 1.82) is 0 Å². The number of carboxylic acids is 1. The molecule has 0 aliphatic carbocycles. The molecule has 0 atom stereocenters. The van der Waals surface area contributed by atoms with Crippen LogP contribution in [-0.4, -0.2) is 36.0 Å². The summed E-state index contributed by atoms with van der Waals surface area (Å²) in [5.41, 5.74) is 0.874. The molecule has 21 heavy (non-hydrogen) atoms. The van der Waals surface area contributed by atoms with Gasteiger partial charge >= 0.3 is 5.97 Å². The lowest BCUT2D eigenvalue weighted by Crippen LogP contribution is -2.38. The third-order valence-electron chi connectivity index (χ3n) is 2.90. The summed E-state index contributed by atoms with van der Waals surface area (Å²) in [5.74, 6) is -2.00. The zero-order valence-electron chi connectivity index (χ0n) is 11.3. The zero-order valence-corrected chi connectivity index (χ0v) is 12.1. The number of nitrogens with one attached hydrogen (secondary N) is 2. The molecule has 0 unspecified atom stereocenters. The van der Waals surface area contributed by atoms with Crippen molar-refractivity contribution in [2.75, 3.05) is 13.1 Å². The normalized spacial score (nSPS) is 10.3. The van der Waals surface area contributed by atoms with Crippen molar-refractivity contribution in [2.45, 2.75) is 6.92 Å². The number of fused-ring (bicyclic) bond motifs is 1. The molecule has 0 radical (unpaired) electrons. The second-order valence-corrected chi connectivity index (χ2v) is 5.46. The second kappa shape index (κ2) is 6.36. The van der Waals surface area contributed by atoms with Gasteiger partial charge in [-0.1, -0.05) is 18.2 Å². The third kappa shape index (κ3) is 3.57. The van der Waals surface area contributed by atoms with Crippen LogP contribution in [0, 0.1) is 6.92 Å². The summed E-state index contributed by atoms with van der Waals surface area (Å²) < 4.78 is 1.01. The van der Waals surface area contributed by atoms with Crippen LogP contribution in [-0.2, 0) is 9.59 Å². The number of benzene rings is 1. The lowest BCUT2D eigenvalue weighted by molar-refractivity contribution is -0.137. The molecule has 0 bridgehead atoms. The fourth-order valence-electron chi connectivity index (χ4n) is 1.87. The molecule has 110 valence electrons. The second-order valence-electron chi connectivity index (χ2n) is 4.41. The molecule has 6 nitrogen and oxygen atoms in total. The number of hydrogen-bond donors (Lipinski definition) is 3. The summed E-state index contributed by atoms with van der Waals surface area (Å²) in [5, 5.41) is 14.1. The van der Waals surface area contributed by atoms with Gasteiger partial charge in [-0.25, -0.2) is 0 Å². The zero-order chi connectivity index (χ0) is 15.4. The highest BCUT2D eigenvalue weighted by molar-refractivity contribution is 7.21. The van der Waals surface area contributed by atoms with Crippen molar-refractivity contribution in [2.24, 2.45) is 0 Å². The Bertz CT molecular complexity index is 708. The van der Waals surface area contributed by atoms with Gasteiger partial charge in [0.05, 0.1) is 11.4 Å². The van der Waals surface area contributed by atoms with E-state index in [0.29, 0.717) is 4.88 Å². The van der Waals surface area contributed by atoms with Crippen molar-refractivity contribution < 1.29 is 19.5 Å². The van der Waals surface area contributed by atoms with Crippen molar-refractivity contribution >= 4 is 39.2 Å². The molecule has 2 rings (SSSR count). The highest BCUT2D eigenvalue weighted by Gasteiger charge is 2.15. The number of rotatable bonds is 5. The Kier molecular flexibility index (Phi) is 4.54. The van der Waals surface area contributed by atoms with Gasteiger partial charge in [-0.15, -0.1) is 11.3 Å². The topological polar surface area (TPSA) is 95.5 Å². The van der Waals surface area contributed by atoms with E-state index in [1.54, 1.807) is 0 Å². The minimum atomic E-state index is -1.13. The summed E-state index contributed by atoms with van der Waals surface area (Å²) in [6.07, 6.45) is 0. The van der Waals surface area contributed by atoms with E-state index in [1.165, 1.54) is 11.3 Å². The lowest BCUT2D eigenvalue weighted by Gasteiger charge is -2.04. The van der Waals surface area contributed by atoms with Gasteiger partial charge in [-0.2, -0.15) is 0 Å². The van der Waals surface area contributed by atoms with E-state index in [4.69, 9.17) is 5.11 Å². The molecule has 0 fully saturated rings. The van der Waals surface area contributed by atoms with Crippen LogP contribution in [0.5, 0.6) is 0 Å². The molecule has 2 amide bonds. The molecule has 3 N–H and O–H groups in total. The van der Waals surface area contributed by atoms with Crippen LogP contribution in [0.4, 0.5) is 0 Å². The summed E-state index contributed by atoms with van der Waals surface area (Å²) in [6, 6.07) is 7.68. The molecule has 1 aromatic carbocycles. The Hall–Kier alpha value is -2.41. The van der Waals surface area contributed by atoms with Gasteiger partial charge in [0.2, 0.25) is 5.91 Å². The maximum Gasteiger partial charge on any atom is 0.322 e. The van der Waals surface area contributed by atoms with Gasteiger partial charge in [0, 0.05) is 4.70 Å². The first kappa shape index (κ1) is 15.0. The Labute approximate surface area is 124 Å². The largest absolute Gasteiger partial charge is 0.480 e. The quantitative estimate of drug-likeness (QED) is 0.772. The molecular formula is C14H14N2O4S. The maximum atomic E-state index is 12.1. The van der Waals surface area contributed by atoms with Crippen LogP contribution in [0.15, 0.2) is 24.3 Å². The highest BCUT2D eigenvalue weighted by Crippen LogP contribution is 2.30. The molecule has 0 aliphatic rings. The van der Waals surface area contributed by atoms with Gasteiger partial charge in [-0.3, -0.25) is 14.4 Å². The number of amides is 2. The average Bonchev–Trinajstić information content (AvgIpc) is 2.80. The molecule has 2 aromatic rings. The first-order valence-electron chi connectivity index (χ1n) is 6.24. The monoisotopic (exact) mass is 306 g/mol. The number of hydrogen-bond acceptors (Lipinski definition) is 4. The Morgan fingerprint density at radius 3 is 2.52 bits per heavy atom. The van der Waals surface area contributed by atoms with E-state index in [-0.39, 0.29) is 12.5 Å². The molecule has 0 spiro atoms. The van der Waals surface area contributed by atoms with Gasteiger partial charge in [0.25, 0.3) is 5.91 Å². The van der Waals surface area contributed by atoms with E-state index in [9.17, 15) is 14.4 Å². The molecule has 1 aromatic heterocycles. The lowest BCUT2D eigenvalue weighted by atomic mass is 10.1. The van der Waals surface area contributed by atoms with Crippen LogP contribution in [0.3, 0.4) is 0 Å². The minimum absolute atomic E-state index is 0.250. The van der Waals surface area contributed by atoms with Crippen molar-refractivity contribution in [3.63, 3.8) is 0 Å². The summed E-state index contributed by atoms with van der Waals surface area (Å²) in [6.45, 7) is 1.15. The van der Waals surface area contributed by atoms with E-state index in [1.807, 2.05) is 31.2 Å². The van der Waals surface area contributed by atoms with Crippen LogP contribution in [0.25, 0.3) is 10.1 Å². The molecule has 0 saturated heterocycles. The van der Waals surface area contributed by atoms with Crippen LogP contribution in [0.2, 0.25) is 0 Å². The minimum Gasteiger partial charge on any atom is -0.480 e. The first-order valence-corrected chi connectivity index (χ1v) is 7.05. The summed E-state index contributed by atoms with van der Waals surface area (Å²) in [7, 11) is 0. The maximum absolute atomic E-state index is 12.1. The standard InChI is InChI=1S/C14H14N2O4S/c1-8-9-4-2-3-5-10(9)21-13(8)14(20)16-6-11(17)15-7-12(18)19/h2-5H,6-7H2,1H3,(H,15,17)(H,16,20)(H,18,19). The van der Waals surface area contributed by atoms with Crippen LogP contribution < -0.4 is 10.6 Å². The molecule has 7 heteroatoms. The van der Waals surface area contributed by atoms with Gasteiger partial charge in [0.15, 0.2) is 0 Å². The van der Waals surface area contributed by atoms with Crippen molar-refractivity contribution in [3.05, 3.63) is 34.7 Å². The Morgan fingerprint density at radius 2 is 1.86 bits per heavy atom. The molecule has 0 aliphatic heterocycles. The number of aryl methyl sites for hydroxylation is 1. The smallest absolute Gasteiger partial charge is 0.322 e. The average molecular weight is 306 g/mol. The van der Waals surface area contributed by atoms with Gasteiger partial charge < -0.3 is 15.7 Å². The highest BCUT2D eigenvalue weighted by atomic mass is 32.1. The fraction of sp³-hybridized carbons (Fsp3) is 0.214. The Morgan fingerprint density at radius 1 is 1.14 bits per heavy atom. The number of carbonyl (C=O) groups is 3. The Balaban J connectivity index is 2.01. The molecule has 1 heterocycles.